The summed E-state index contributed by atoms with van der Waals surface area (Å²) in [4.78, 5) is 11.6. The normalized spacial score (nSPS) is 15.8. The van der Waals surface area contributed by atoms with E-state index in [1.165, 1.54) is 0 Å². The molecule has 0 aromatic heterocycles. The Hall–Kier alpha value is -1.07. The first-order chi connectivity index (χ1) is 9.60. The van der Waals surface area contributed by atoms with Crippen molar-refractivity contribution in [2.75, 3.05) is 13.7 Å². The molecule has 1 aromatic rings. The highest BCUT2D eigenvalue weighted by Crippen LogP contribution is 2.28. The fourth-order valence-corrected chi connectivity index (χ4v) is 2.27. The molecule has 1 fully saturated rings. The molecule has 2 N–H and O–H groups in total. The summed E-state index contributed by atoms with van der Waals surface area (Å²) >= 11 is 3.45. The summed E-state index contributed by atoms with van der Waals surface area (Å²) in [6, 6.07) is 6.59. The zero-order valence-corrected chi connectivity index (χ0v) is 13.5. The van der Waals surface area contributed by atoms with Crippen molar-refractivity contribution in [3.05, 3.63) is 28.2 Å². The first kappa shape index (κ1) is 15.3. The molecule has 1 aliphatic carbocycles. The van der Waals surface area contributed by atoms with Gasteiger partial charge >= 0.3 is 0 Å². The zero-order chi connectivity index (χ0) is 14.5. The van der Waals surface area contributed by atoms with Crippen LogP contribution in [0.2, 0.25) is 0 Å². The minimum Gasteiger partial charge on any atom is -0.493 e. The molecule has 0 spiro atoms. The lowest BCUT2D eigenvalue weighted by molar-refractivity contribution is -0.121. The predicted molar refractivity (Wildman–Crippen MR) is 82.9 cm³/mol. The van der Waals surface area contributed by atoms with Crippen LogP contribution >= 0.6 is 15.9 Å². The Morgan fingerprint density at radius 1 is 1.50 bits per heavy atom. The van der Waals surface area contributed by atoms with Crippen LogP contribution in [0.15, 0.2) is 22.7 Å². The van der Waals surface area contributed by atoms with Gasteiger partial charge in [0.25, 0.3) is 0 Å². The molecular weight excluding hydrogens is 320 g/mol. The summed E-state index contributed by atoms with van der Waals surface area (Å²) in [6.45, 7) is 2.48. The molecule has 1 saturated carbocycles. The first-order valence-corrected chi connectivity index (χ1v) is 7.78. The minimum atomic E-state index is 0.0747. The highest BCUT2D eigenvalue weighted by atomic mass is 79.9. The number of carbonyl (C=O) groups is 1. The largest absolute Gasteiger partial charge is 0.493 e. The number of halogens is 1. The quantitative estimate of drug-likeness (QED) is 0.802. The number of nitrogens with one attached hydrogen (secondary N) is 2. The van der Waals surface area contributed by atoms with Gasteiger partial charge in [0, 0.05) is 22.1 Å². The second-order valence-corrected chi connectivity index (χ2v) is 6.05. The molecule has 1 unspecified atom stereocenters. The van der Waals surface area contributed by atoms with Crippen molar-refractivity contribution in [1.82, 2.24) is 10.6 Å². The van der Waals surface area contributed by atoms with Crippen molar-refractivity contribution in [2.24, 2.45) is 0 Å². The maximum Gasteiger partial charge on any atom is 0.223 e. The Balaban J connectivity index is 1.89. The molecule has 0 radical (unpaired) electrons. The van der Waals surface area contributed by atoms with E-state index in [2.05, 4.69) is 33.5 Å². The van der Waals surface area contributed by atoms with Gasteiger partial charge in [-0.15, -0.1) is 0 Å². The third-order valence-electron chi connectivity index (χ3n) is 3.40. The van der Waals surface area contributed by atoms with Crippen molar-refractivity contribution in [2.45, 2.75) is 38.3 Å². The maximum absolute atomic E-state index is 11.6. The average Bonchev–Trinajstić information content (AvgIpc) is 3.22. The summed E-state index contributed by atoms with van der Waals surface area (Å²) in [7, 11) is 1.92. The topological polar surface area (TPSA) is 50.4 Å². The van der Waals surface area contributed by atoms with Gasteiger partial charge in [0.1, 0.15) is 5.75 Å². The van der Waals surface area contributed by atoms with Crippen LogP contribution in [0.1, 0.15) is 37.8 Å². The fraction of sp³-hybridized carbons (Fsp3) is 0.533. The van der Waals surface area contributed by atoms with Gasteiger partial charge in [-0.05, 0) is 38.9 Å². The van der Waals surface area contributed by atoms with Crippen LogP contribution < -0.4 is 15.4 Å². The van der Waals surface area contributed by atoms with Gasteiger partial charge in [0.15, 0.2) is 0 Å². The minimum absolute atomic E-state index is 0.0747. The highest BCUT2D eigenvalue weighted by Gasteiger charge is 2.23. The lowest BCUT2D eigenvalue weighted by Gasteiger charge is -2.17. The molecule has 0 heterocycles. The highest BCUT2D eigenvalue weighted by molar-refractivity contribution is 9.10. The van der Waals surface area contributed by atoms with Crippen molar-refractivity contribution < 1.29 is 9.53 Å². The van der Waals surface area contributed by atoms with E-state index in [-0.39, 0.29) is 11.9 Å². The number of carbonyl (C=O) groups excluding carboxylic acids is 1. The lowest BCUT2D eigenvalue weighted by Crippen LogP contribution is -2.26. The Labute approximate surface area is 128 Å². The summed E-state index contributed by atoms with van der Waals surface area (Å²) in [5, 5.41) is 6.16. The third kappa shape index (κ3) is 4.49. The van der Waals surface area contributed by atoms with Crippen LogP contribution in [-0.2, 0) is 4.79 Å². The summed E-state index contributed by atoms with van der Waals surface area (Å²) in [5.74, 6) is 0.895. The first-order valence-electron chi connectivity index (χ1n) is 6.99. The van der Waals surface area contributed by atoms with Gasteiger partial charge in [-0.3, -0.25) is 4.79 Å². The standard InChI is InChI=1S/C15H21BrN2O2/c1-10(17-2)13-6-3-11(16)9-14(13)20-8-7-15(19)18-12-4-5-12/h3,6,9-10,12,17H,4-5,7-8H2,1-2H3,(H,18,19). The van der Waals surface area contributed by atoms with Crippen LogP contribution in [-0.4, -0.2) is 25.6 Å². The summed E-state index contributed by atoms with van der Waals surface area (Å²) in [6.07, 6.45) is 2.63. The molecule has 1 amide bonds. The number of ether oxygens (including phenoxy) is 1. The van der Waals surface area contributed by atoms with Crippen LogP contribution in [0.3, 0.4) is 0 Å². The summed E-state index contributed by atoms with van der Waals surface area (Å²) in [5.41, 5.74) is 1.10. The van der Waals surface area contributed by atoms with E-state index in [0.717, 1.165) is 28.6 Å². The summed E-state index contributed by atoms with van der Waals surface area (Å²) < 4.78 is 6.76. The monoisotopic (exact) mass is 340 g/mol. The average molecular weight is 341 g/mol. The molecule has 20 heavy (non-hydrogen) atoms. The van der Waals surface area contributed by atoms with Gasteiger partial charge in [-0.1, -0.05) is 22.0 Å². The van der Waals surface area contributed by atoms with Crippen molar-refractivity contribution in [3.63, 3.8) is 0 Å². The number of benzene rings is 1. The molecule has 0 bridgehead atoms. The molecule has 1 aromatic carbocycles. The Kier molecular flexibility index (Phi) is 5.43. The van der Waals surface area contributed by atoms with E-state index in [4.69, 9.17) is 4.74 Å². The predicted octanol–water partition coefficient (Wildman–Crippen LogP) is 2.78. The van der Waals surface area contributed by atoms with Crippen LogP contribution in [0.25, 0.3) is 0 Å². The van der Waals surface area contributed by atoms with E-state index in [9.17, 15) is 4.79 Å². The zero-order valence-electron chi connectivity index (χ0n) is 11.9. The van der Waals surface area contributed by atoms with Crippen molar-refractivity contribution in [3.8, 4) is 5.75 Å². The molecule has 1 atom stereocenters. The lowest BCUT2D eigenvalue weighted by atomic mass is 10.1. The second kappa shape index (κ2) is 7.09. The third-order valence-corrected chi connectivity index (χ3v) is 3.90. The Morgan fingerprint density at radius 3 is 2.90 bits per heavy atom. The van der Waals surface area contributed by atoms with Crippen molar-refractivity contribution in [1.29, 1.82) is 0 Å². The Morgan fingerprint density at radius 2 is 2.25 bits per heavy atom. The molecule has 110 valence electrons. The van der Waals surface area contributed by atoms with Crippen LogP contribution in [0, 0.1) is 0 Å². The molecule has 0 saturated heterocycles. The molecule has 5 heteroatoms. The number of hydrogen-bond acceptors (Lipinski definition) is 3. The second-order valence-electron chi connectivity index (χ2n) is 5.13. The number of amides is 1. The number of hydrogen-bond donors (Lipinski definition) is 2. The smallest absolute Gasteiger partial charge is 0.223 e. The van der Waals surface area contributed by atoms with Crippen molar-refractivity contribution >= 4 is 21.8 Å². The van der Waals surface area contributed by atoms with E-state index in [0.29, 0.717) is 19.1 Å². The van der Waals surface area contributed by atoms with Crippen LogP contribution in [0.4, 0.5) is 0 Å². The van der Waals surface area contributed by atoms with Gasteiger partial charge in [-0.2, -0.15) is 0 Å². The SMILES string of the molecule is CNC(C)c1ccc(Br)cc1OCCC(=O)NC1CC1. The van der Waals surface area contributed by atoms with E-state index < -0.39 is 0 Å². The molecule has 1 aliphatic rings. The molecular formula is C15H21BrN2O2. The van der Waals surface area contributed by atoms with Gasteiger partial charge in [0.05, 0.1) is 13.0 Å². The van der Waals surface area contributed by atoms with E-state index >= 15 is 0 Å². The van der Waals surface area contributed by atoms with E-state index in [1.54, 1.807) is 0 Å². The number of rotatable bonds is 7. The van der Waals surface area contributed by atoms with Gasteiger partial charge in [0.2, 0.25) is 5.91 Å². The Bertz CT molecular complexity index is 475. The maximum atomic E-state index is 11.6. The van der Waals surface area contributed by atoms with Gasteiger partial charge < -0.3 is 15.4 Å². The molecule has 2 rings (SSSR count). The van der Waals surface area contributed by atoms with Gasteiger partial charge in [-0.25, -0.2) is 0 Å². The fourth-order valence-electron chi connectivity index (χ4n) is 1.93. The molecule has 0 aliphatic heterocycles. The van der Waals surface area contributed by atoms with Crippen LogP contribution in [0.5, 0.6) is 5.75 Å². The molecule has 4 nitrogen and oxygen atoms in total. The van der Waals surface area contributed by atoms with E-state index in [1.807, 2.05) is 25.2 Å².